The molecule has 1 unspecified atom stereocenters. The highest BCUT2D eigenvalue weighted by molar-refractivity contribution is 6.02. The van der Waals surface area contributed by atoms with E-state index in [2.05, 4.69) is 6.08 Å². The van der Waals surface area contributed by atoms with Crippen LogP contribution in [0.15, 0.2) is 22.8 Å². The van der Waals surface area contributed by atoms with Crippen LogP contribution in [0.4, 0.5) is 0 Å². The van der Waals surface area contributed by atoms with Gasteiger partial charge in [0.2, 0.25) is 0 Å². The van der Waals surface area contributed by atoms with Crippen LogP contribution in [-0.2, 0) is 9.59 Å². The molecule has 1 rings (SSSR count). The van der Waals surface area contributed by atoms with Crippen molar-refractivity contribution >= 4 is 11.6 Å². The standard InChI is InChI=1S/C15H22O2/c1-10(2)13-9-14(16)12(4)7-5-6-11(3)8-15(13)17/h6,12H,5,7-9H2,1-4H3/b11-6-. The van der Waals surface area contributed by atoms with Gasteiger partial charge in [0.15, 0.2) is 5.78 Å². The Labute approximate surface area is 104 Å². The van der Waals surface area contributed by atoms with Crippen molar-refractivity contribution in [2.75, 3.05) is 0 Å². The van der Waals surface area contributed by atoms with Gasteiger partial charge < -0.3 is 0 Å². The molecule has 0 spiro atoms. The van der Waals surface area contributed by atoms with Crippen molar-refractivity contribution in [3.63, 3.8) is 0 Å². The van der Waals surface area contributed by atoms with Crippen LogP contribution in [0.5, 0.6) is 0 Å². The Morgan fingerprint density at radius 1 is 1.24 bits per heavy atom. The summed E-state index contributed by atoms with van der Waals surface area (Å²) in [6.07, 6.45) is 4.66. The molecular weight excluding hydrogens is 212 g/mol. The van der Waals surface area contributed by atoms with Crippen LogP contribution in [0.3, 0.4) is 0 Å². The number of rotatable bonds is 0. The molecule has 0 aromatic carbocycles. The van der Waals surface area contributed by atoms with Gasteiger partial charge in [0.25, 0.3) is 0 Å². The van der Waals surface area contributed by atoms with Gasteiger partial charge in [0, 0.05) is 24.3 Å². The SMILES string of the molecule is CC(C)=C1CC(=O)C(C)CC/C=C(/C)CC1=O. The molecular formula is C15H22O2. The largest absolute Gasteiger partial charge is 0.299 e. The lowest BCUT2D eigenvalue weighted by Crippen LogP contribution is -2.17. The Balaban J connectivity index is 3.03. The monoisotopic (exact) mass is 234 g/mol. The lowest BCUT2D eigenvalue weighted by Gasteiger charge is -2.15. The topological polar surface area (TPSA) is 34.1 Å². The minimum absolute atomic E-state index is 0.0549. The van der Waals surface area contributed by atoms with E-state index in [1.54, 1.807) is 0 Å². The molecule has 2 nitrogen and oxygen atoms in total. The molecule has 1 aliphatic carbocycles. The molecule has 0 saturated carbocycles. The van der Waals surface area contributed by atoms with Gasteiger partial charge in [-0.3, -0.25) is 9.59 Å². The quantitative estimate of drug-likeness (QED) is 0.474. The van der Waals surface area contributed by atoms with Crippen LogP contribution in [-0.4, -0.2) is 11.6 Å². The van der Waals surface area contributed by atoms with E-state index in [9.17, 15) is 9.59 Å². The molecule has 0 aliphatic heterocycles. The lowest BCUT2D eigenvalue weighted by atomic mass is 9.88. The molecule has 2 heteroatoms. The number of ketones is 2. The van der Waals surface area contributed by atoms with Crippen molar-refractivity contribution in [3.05, 3.63) is 22.8 Å². The van der Waals surface area contributed by atoms with Gasteiger partial charge in [-0.05, 0) is 33.6 Å². The summed E-state index contributed by atoms with van der Waals surface area (Å²) in [6.45, 7) is 7.78. The van der Waals surface area contributed by atoms with Crippen LogP contribution in [0.1, 0.15) is 53.4 Å². The number of hydrogen-bond acceptors (Lipinski definition) is 2. The molecule has 0 bridgehead atoms. The van der Waals surface area contributed by atoms with Crippen molar-refractivity contribution in [1.29, 1.82) is 0 Å². The molecule has 0 radical (unpaired) electrons. The summed E-state index contributed by atoms with van der Waals surface area (Å²) >= 11 is 0. The maximum Gasteiger partial charge on any atom is 0.163 e. The molecule has 0 aromatic rings. The highest BCUT2D eigenvalue weighted by Crippen LogP contribution is 2.22. The minimum Gasteiger partial charge on any atom is -0.299 e. The van der Waals surface area contributed by atoms with Gasteiger partial charge in [0.1, 0.15) is 5.78 Å². The normalized spacial score (nSPS) is 26.5. The average molecular weight is 234 g/mol. The number of carbonyl (C=O) groups excluding carboxylic acids is 2. The second-order valence-corrected chi connectivity index (χ2v) is 5.25. The molecule has 1 atom stereocenters. The number of allylic oxidation sites excluding steroid dienone is 4. The van der Waals surface area contributed by atoms with Gasteiger partial charge in [0.05, 0.1) is 0 Å². The van der Waals surface area contributed by atoms with Crippen LogP contribution >= 0.6 is 0 Å². The Morgan fingerprint density at radius 3 is 2.47 bits per heavy atom. The van der Waals surface area contributed by atoms with E-state index in [1.807, 2.05) is 27.7 Å². The summed E-state index contributed by atoms with van der Waals surface area (Å²) in [6, 6.07) is 0. The predicted molar refractivity (Wildman–Crippen MR) is 69.8 cm³/mol. The Hall–Kier alpha value is -1.18. The first kappa shape index (κ1) is 13.9. The highest BCUT2D eigenvalue weighted by Gasteiger charge is 2.20. The van der Waals surface area contributed by atoms with Crippen molar-refractivity contribution in [3.8, 4) is 0 Å². The van der Waals surface area contributed by atoms with Crippen LogP contribution in [0.25, 0.3) is 0 Å². The summed E-state index contributed by atoms with van der Waals surface area (Å²) in [5.74, 6) is 0.364. The zero-order valence-corrected chi connectivity index (χ0v) is 11.3. The molecule has 0 N–H and O–H groups in total. The van der Waals surface area contributed by atoms with Crippen molar-refractivity contribution in [2.24, 2.45) is 5.92 Å². The maximum atomic E-state index is 12.1. The molecule has 0 aromatic heterocycles. The smallest absolute Gasteiger partial charge is 0.163 e. The maximum absolute atomic E-state index is 12.1. The second kappa shape index (κ2) is 5.95. The summed E-state index contributed by atoms with van der Waals surface area (Å²) in [5.41, 5.74) is 2.82. The first-order valence-corrected chi connectivity index (χ1v) is 6.29. The third-order valence-corrected chi connectivity index (χ3v) is 3.37. The fraction of sp³-hybridized carbons (Fsp3) is 0.600. The van der Waals surface area contributed by atoms with Crippen molar-refractivity contribution in [1.82, 2.24) is 0 Å². The van der Waals surface area contributed by atoms with E-state index in [1.165, 1.54) is 0 Å². The lowest BCUT2D eigenvalue weighted by molar-refractivity contribution is -0.123. The number of Topliss-reactive ketones (excluding diaryl/α,β-unsaturated/α-hetero) is 2. The molecule has 17 heavy (non-hydrogen) atoms. The van der Waals surface area contributed by atoms with Gasteiger partial charge in [-0.1, -0.05) is 24.1 Å². The van der Waals surface area contributed by atoms with E-state index >= 15 is 0 Å². The van der Waals surface area contributed by atoms with Crippen LogP contribution < -0.4 is 0 Å². The van der Waals surface area contributed by atoms with Gasteiger partial charge in [-0.25, -0.2) is 0 Å². The van der Waals surface area contributed by atoms with E-state index in [4.69, 9.17) is 0 Å². The molecule has 0 amide bonds. The van der Waals surface area contributed by atoms with Gasteiger partial charge in [-0.15, -0.1) is 0 Å². The Kier molecular flexibility index (Phi) is 4.86. The summed E-state index contributed by atoms with van der Waals surface area (Å²) < 4.78 is 0. The number of carbonyl (C=O) groups is 2. The molecule has 94 valence electrons. The van der Waals surface area contributed by atoms with E-state index in [0.29, 0.717) is 12.8 Å². The minimum atomic E-state index is 0.0549. The van der Waals surface area contributed by atoms with Crippen molar-refractivity contribution in [2.45, 2.75) is 53.4 Å². The predicted octanol–water partition coefficient (Wildman–Crippen LogP) is 3.62. The van der Waals surface area contributed by atoms with Crippen LogP contribution in [0, 0.1) is 5.92 Å². The third-order valence-electron chi connectivity index (χ3n) is 3.37. The Morgan fingerprint density at radius 2 is 1.88 bits per heavy atom. The molecule has 0 saturated heterocycles. The first-order valence-electron chi connectivity index (χ1n) is 6.29. The zero-order valence-electron chi connectivity index (χ0n) is 11.3. The van der Waals surface area contributed by atoms with E-state index < -0.39 is 0 Å². The second-order valence-electron chi connectivity index (χ2n) is 5.25. The highest BCUT2D eigenvalue weighted by atomic mass is 16.1. The molecule has 0 heterocycles. The molecule has 0 fully saturated rings. The summed E-state index contributed by atoms with van der Waals surface area (Å²) in [5, 5.41) is 0. The summed E-state index contributed by atoms with van der Waals surface area (Å²) in [4.78, 5) is 24.1. The van der Waals surface area contributed by atoms with E-state index in [-0.39, 0.29) is 17.5 Å². The van der Waals surface area contributed by atoms with Crippen molar-refractivity contribution < 1.29 is 9.59 Å². The molecule has 1 aliphatic rings. The fourth-order valence-corrected chi connectivity index (χ4v) is 2.08. The first-order chi connectivity index (χ1) is 7.91. The Bertz CT molecular complexity index is 382. The fourth-order valence-electron chi connectivity index (χ4n) is 2.08. The third kappa shape index (κ3) is 3.95. The van der Waals surface area contributed by atoms with Gasteiger partial charge in [-0.2, -0.15) is 0 Å². The van der Waals surface area contributed by atoms with E-state index in [0.717, 1.165) is 29.6 Å². The summed E-state index contributed by atoms with van der Waals surface area (Å²) in [7, 11) is 0. The van der Waals surface area contributed by atoms with Gasteiger partial charge >= 0.3 is 0 Å². The number of hydrogen-bond donors (Lipinski definition) is 0. The van der Waals surface area contributed by atoms with Crippen LogP contribution in [0.2, 0.25) is 0 Å². The zero-order chi connectivity index (χ0) is 13.0. The average Bonchev–Trinajstić information content (AvgIpc) is 2.23.